The van der Waals surface area contributed by atoms with Gasteiger partial charge in [-0.15, -0.1) is 0 Å². The lowest BCUT2D eigenvalue weighted by Gasteiger charge is -2.27. The van der Waals surface area contributed by atoms with Gasteiger partial charge in [0, 0.05) is 25.1 Å². The number of nitriles is 1. The van der Waals surface area contributed by atoms with Gasteiger partial charge in [-0.3, -0.25) is 4.79 Å². The van der Waals surface area contributed by atoms with Crippen LogP contribution in [0.5, 0.6) is 0 Å². The Morgan fingerprint density at radius 3 is 2.89 bits per heavy atom. The van der Waals surface area contributed by atoms with Gasteiger partial charge >= 0.3 is 0 Å². The molecule has 1 amide bonds. The minimum atomic E-state index is 0.0503. The zero-order chi connectivity index (χ0) is 13.7. The third kappa shape index (κ3) is 3.33. The lowest BCUT2D eigenvalue weighted by atomic mass is 9.96. The summed E-state index contributed by atoms with van der Waals surface area (Å²) in [6.07, 6.45) is 0.467. The first-order chi connectivity index (χ1) is 9.22. The largest absolute Gasteiger partial charge is 0.378 e. The lowest BCUT2D eigenvalue weighted by Crippen LogP contribution is -2.40. The van der Waals surface area contributed by atoms with Crippen molar-refractivity contribution in [3.05, 3.63) is 35.4 Å². The van der Waals surface area contributed by atoms with Crippen LogP contribution in [0.1, 0.15) is 35.2 Å². The van der Waals surface area contributed by atoms with E-state index in [0.29, 0.717) is 38.3 Å². The first-order valence-corrected chi connectivity index (χ1v) is 6.56. The summed E-state index contributed by atoms with van der Waals surface area (Å²) in [6, 6.07) is 9.76. The number of hydrogen-bond acceptors (Lipinski definition) is 3. The number of rotatable bonds is 3. The van der Waals surface area contributed by atoms with Gasteiger partial charge in [0.1, 0.15) is 0 Å². The summed E-state index contributed by atoms with van der Waals surface area (Å²) in [5, 5.41) is 8.74. The van der Waals surface area contributed by atoms with Crippen molar-refractivity contribution >= 4 is 5.91 Å². The van der Waals surface area contributed by atoms with Crippen molar-refractivity contribution < 1.29 is 9.53 Å². The second kappa shape index (κ2) is 6.35. The Bertz CT molecular complexity index is 487. The predicted octanol–water partition coefficient (Wildman–Crippen LogP) is 2.18. The van der Waals surface area contributed by atoms with Crippen molar-refractivity contribution in [3.8, 4) is 6.07 Å². The summed E-state index contributed by atoms with van der Waals surface area (Å²) in [4.78, 5) is 14.2. The van der Waals surface area contributed by atoms with E-state index in [2.05, 4.69) is 6.07 Å². The summed E-state index contributed by atoms with van der Waals surface area (Å²) in [6.45, 7) is 4.52. The van der Waals surface area contributed by atoms with E-state index in [9.17, 15) is 4.79 Å². The van der Waals surface area contributed by atoms with Gasteiger partial charge in [0.05, 0.1) is 19.3 Å². The second-order valence-corrected chi connectivity index (χ2v) is 4.79. The molecule has 19 heavy (non-hydrogen) atoms. The highest BCUT2D eigenvalue weighted by Crippen LogP contribution is 2.20. The summed E-state index contributed by atoms with van der Waals surface area (Å²) in [5.74, 6) is 0.205. The van der Waals surface area contributed by atoms with E-state index in [4.69, 9.17) is 10.00 Å². The molecule has 1 aromatic rings. The highest BCUT2D eigenvalue weighted by molar-refractivity contribution is 5.94. The van der Waals surface area contributed by atoms with Crippen LogP contribution in [0.15, 0.2) is 24.3 Å². The number of morpholine rings is 1. The van der Waals surface area contributed by atoms with E-state index >= 15 is 0 Å². The molecule has 1 aliphatic heterocycles. The van der Waals surface area contributed by atoms with Gasteiger partial charge in [-0.1, -0.05) is 19.1 Å². The molecule has 0 aliphatic carbocycles. The van der Waals surface area contributed by atoms with Gasteiger partial charge in [-0.25, -0.2) is 0 Å². The normalized spacial score (nSPS) is 16.7. The van der Waals surface area contributed by atoms with E-state index in [-0.39, 0.29) is 11.8 Å². The lowest BCUT2D eigenvalue weighted by molar-refractivity contribution is 0.0303. The van der Waals surface area contributed by atoms with E-state index in [1.54, 1.807) is 0 Å². The fourth-order valence-electron chi connectivity index (χ4n) is 2.18. The Morgan fingerprint density at radius 1 is 1.47 bits per heavy atom. The van der Waals surface area contributed by atoms with Crippen LogP contribution in [0.25, 0.3) is 0 Å². The molecule has 0 spiro atoms. The van der Waals surface area contributed by atoms with Crippen molar-refractivity contribution in [2.45, 2.75) is 19.3 Å². The molecule has 1 saturated heterocycles. The fraction of sp³-hybridized carbons (Fsp3) is 0.467. The summed E-state index contributed by atoms with van der Waals surface area (Å²) >= 11 is 0. The maximum atomic E-state index is 12.3. The molecule has 4 heteroatoms. The number of benzene rings is 1. The molecular formula is C15H18N2O2. The first-order valence-electron chi connectivity index (χ1n) is 6.56. The number of hydrogen-bond donors (Lipinski definition) is 0. The number of carbonyl (C=O) groups excluding carboxylic acids is 1. The topological polar surface area (TPSA) is 53.3 Å². The Kier molecular flexibility index (Phi) is 4.53. The van der Waals surface area contributed by atoms with E-state index in [1.807, 2.05) is 36.1 Å². The van der Waals surface area contributed by atoms with Gasteiger partial charge in [-0.2, -0.15) is 5.26 Å². The smallest absolute Gasteiger partial charge is 0.254 e. The van der Waals surface area contributed by atoms with Crippen LogP contribution in [0.3, 0.4) is 0 Å². The standard InChI is InChI=1S/C15H18N2O2/c1-12(5-6-16)13-3-2-4-14(11-13)15(18)17-7-9-19-10-8-17/h2-4,11-12H,5,7-10H2,1H3. The summed E-state index contributed by atoms with van der Waals surface area (Å²) < 4.78 is 5.25. The number of carbonyl (C=O) groups is 1. The fourth-order valence-corrected chi connectivity index (χ4v) is 2.18. The Labute approximate surface area is 113 Å². The van der Waals surface area contributed by atoms with Crippen molar-refractivity contribution in [2.75, 3.05) is 26.3 Å². The molecule has 2 rings (SSSR count). The maximum Gasteiger partial charge on any atom is 0.254 e. The predicted molar refractivity (Wildman–Crippen MR) is 71.8 cm³/mol. The SMILES string of the molecule is CC(CC#N)c1cccc(C(=O)N2CCOCC2)c1. The van der Waals surface area contributed by atoms with Gasteiger partial charge in [-0.05, 0) is 23.6 Å². The number of ether oxygens (including phenoxy) is 1. The highest BCUT2D eigenvalue weighted by Gasteiger charge is 2.19. The minimum absolute atomic E-state index is 0.0503. The number of amides is 1. The quantitative estimate of drug-likeness (QED) is 0.835. The highest BCUT2D eigenvalue weighted by atomic mass is 16.5. The molecule has 0 saturated carbocycles. The van der Waals surface area contributed by atoms with Crippen LogP contribution in [0.2, 0.25) is 0 Å². The molecule has 1 aliphatic rings. The minimum Gasteiger partial charge on any atom is -0.378 e. The van der Waals surface area contributed by atoms with Crippen LogP contribution in [-0.2, 0) is 4.74 Å². The Balaban J connectivity index is 2.13. The summed E-state index contributed by atoms with van der Waals surface area (Å²) in [7, 11) is 0. The number of nitrogens with zero attached hydrogens (tertiary/aromatic N) is 2. The molecule has 1 fully saturated rings. The molecule has 0 N–H and O–H groups in total. The van der Waals surface area contributed by atoms with Crippen LogP contribution >= 0.6 is 0 Å². The van der Waals surface area contributed by atoms with Crippen molar-refractivity contribution in [1.82, 2.24) is 4.90 Å². The van der Waals surface area contributed by atoms with E-state index < -0.39 is 0 Å². The van der Waals surface area contributed by atoms with Crippen LogP contribution in [-0.4, -0.2) is 37.1 Å². The molecule has 0 bridgehead atoms. The van der Waals surface area contributed by atoms with E-state index in [0.717, 1.165) is 5.56 Å². The Hall–Kier alpha value is -1.86. The molecule has 1 unspecified atom stereocenters. The van der Waals surface area contributed by atoms with Crippen LogP contribution in [0.4, 0.5) is 0 Å². The monoisotopic (exact) mass is 258 g/mol. The van der Waals surface area contributed by atoms with Crippen molar-refractivity contribution in [3.63, 3.8) is 0 Å². The van der Waals surface area contributed by atoms with Gasteiger partial charge in [0.2, 0.25) is 0 Å². The molecule has 100 valence electrons. The molecule has 1 heterocycles. The summed E-state index contributed by atoms with van der Waals surface area (Å²) in [5.41, 5.74) is 1.74. The average molecular weight is 258 g/mol. The third-order valence-corrected chi connectivity index (χ3v) is 3.40. The second-order valence-electron chi connectivity index (χ2n) is 4.79. The van der Waals surface area contributed by atoms with Gasteiger partial charge in [0.25, 0.3) is 5.91 Å². The van der Waals surface area contributed by atoms with Crippen molar-refractivity contribution in [1.29, 1.82) is 5.26 Å². The van der Waals surface area contributed by atoms with Crippen molar-refractivity contribution in [2.24, 2.45) is 0 Å². The molecule has 1 aromatic carbocycles. The zero-order valence-electron chi connectivity index (χ0n) is 11.1. The zero-order valence-corrected chi connectivity index (χ0v) is 11.1. The molecular weight excluding hydrogens is 240 g/mol. The molecule has 1 atom stereocenters. The van der Waals surface area contributed by atoms with Crippen LogP contribution in [0, 0.1) is 11.3 Å². The molecule has 0 aromatic heterocycles. The average Bonchev–Trinajstić information content (AvgIpc) is 2.48. The van der Waals surface area contributed by atoms with Gasteiger partial charge < -0.3 is 9.64 Å². The molecule has 0 radical (unpaired) electrons. The van der Waals surface area contributed by atoms with E-state index in [1.165, 1.54) is 0 Å². The maximum absolute atomic E-state index is 12.3. The first kappa shape index (κ1) is 13.6. The van der Waals surface area contributed by atoms with Gasteiger partial charge in [0.15, 0.2) is 0 Å². The third-order valence-electron chi connectivity index (χ3n) is 3.40. The van der Waals surface area contributed by atoms with Crippen LogP contribution < -0.4 is 0 Å². The Morgan fingerprint density at radius 2 is 2.21 bits per heavy atom. The molecule has 4 nitrogen and oxygen atoms in total.